The predicted molar refractivity (Wildman–Crippen MR) is 70.3 cm³/mol. The Balaban J connectivity index is 1.78. The molecule has 0 bridgehead atoms. The highest BCUT2D eigenvalue weighted by atomic mass is 35.5. The minimum Gasteiger partial charge on any atom is -0.448 e. The lowest BCUT2D eigenvalue weighted by atomic mass is 9.98. The van der Waals surface area contributed by atoms with Gasteiger partial charge in [0.2, 0.25) is 0 Å². The summed E-state index contributed by atoms with van der Waals surface area (Å²) in [5, 5.41) is 0.478. The first kappa shape index (κ1) is 12.9. The van der Waals surface area contributed by atoms with Gasteiger partial charge in [0.1, 0.15) is 5.76 Å². The molecule has 1 saturated heterocycles. The van der Waals surface area contributed by atoms with Crippen LogP contribution in [0.4, 0.5) is 0 Å². The van der Waals surface area contributed by atoms with E-state index in [1.807, 2.05) is 6.07 Å². The third-order valence-corrected chi connectivity index (χ3v) is 3.55. The third-order valence-electron chi connectivity index (χ3n) is 3.35. The van der Waals surface area contributed by atoms with Crippen LogP contribution >= 0.6 is 11.6 Å². The second-order valence-corrected chi connectivity index (χ2v) is 5.55. The Morgan fingerprint density at radius 2 is 2.35 bits per heavy atom. The first-order chi connectivity index (χ1) is 8.13. The first-order valence-electron chi connectivity index (χ1n) is 6.25. The van der Waals surface area contributed by atoms with Gasteiger partial charge in [0.15, 0.2) is 5.22 Å². The lowest BCUT2D eigenvalue weighted by Crippen LogP contribution is -2.37. The van der Waals surface area contributed by atoms with Gasteiger partial charge in [0.05, 0.1) is 6.54 Å². The maximum atomic E-state index is 5.76. The highest BCUT2D eigenvalue weighted by Crippen LogP contribution is 2.18. The van der Waals surface area contributed by atoms with Crippen molar-refractivity contribution in [3.63, 3.8) is 0 Å². The molecule has 4 heteroatoms. The van der Waals surface area contributed by atoms with Gasteiger partial charge in [-0.3, -0.25) is 4.90 Å². The van der Waals surface area contributed by atoms with Crippen molar-refractivity contribution in [2.45, 2.75) is 19.4 Å². The molecule has 0 amide bonds. The Morgan fingerprint density at radius 1 is 1.53 bits per heavy atom. The molecule has 96 valence electrons. The van der Waals surface area contributed by atoms with Gasteiger partial charge in [0, 0.05) is 13.1 Å². The second kappa shape index (κ2) is 5.89. The molecule has 0 unspecified atom stereocenters. The monoisotopic (exact) mass is 256 g/mol. The zero-order valence-corrected chi connectivity index (χ0v) is 11.4. The molecule has 0 spiro atoms. The summed E-state index contributed by atoms with van der Waals surface area (Å²) in [6, 6.07) is 3.75. The van der Waals surface area contributed by atoms with Crippen LogP contribution in [0.2, 0.25) is 5.22 Å². The fraction of sp³-hybridized carbons (Fsp3) is 0.692. The summed E-state index contributed by atoms with van der Waals surface area (Å²) in [5.74, 6) is 1.73. The van der Waals surface area contributed by atoms with Crippen LogP contribution in [0.1, 0.15) is 18.6 Å². The summed E-state index contributed by atoms with van der Waals surface area (Å²) in [6.07, 6.45) is 2.66. The van der Waals surface area contributed by atoms with Crippen LogP contribution in [0, 0.1) is 5.92 Å². The van der Waals surface area contributed by atoms with E-state index < -0.39 is 0 Å². The van der Waals surface area contributed by atoms with Crippen LogP contribution in [0.3, 0.4) is 0 Å². The second-order valence-electron chi connectivity index (χ2n) is 5.17. The van der Waals surface area contributed by atoms with Crippen LogP contribution in [0.5, 0.6) is 0 Å². The van der Waals surface area contributed by atoms with E-state index in [0.717, 1.165) is 24.8 Å². The van der Waals surface area contributed by atoms with E-state index in [-0.39, 0.29) is 0 Å². The van der Waals surface area contributed by atoms with E-state index in [1.165, 1.54) is 25.9 Å². The van der Waals surface area contributed by atoms with Gasteiger partial charge in [-0.1, -0.05) is 0 Å². The average molecular weight is 257 g/mol. The Bertz CT molecular complexity index is 353. The maximum absolute atomic E-state index is 5.76. The van der Waals surface area contributed by atoms with Crippen molar-refractivity contribution >= 4 is 11.6 Å². The van der Waals surface area contributed by atoms with E-state index in [0.29, 0.717) is 5.22 Å². The summed E-state index contributed by atoms with van der Waals surface area (Å²) in [5.41, 5.74) is 0. The minimum atomic E-state index is 0.478. The van der Waals surface area contributed by atoms with E-state index in [4.69, 9.17) is 16.0 Å². The standard InChI is InChI=1S/C13H21ClN2O/c1-15-7-3-4-11(8-15)9-16(2)10-12-5-6-13(14)17-12/h5-6,11H,3-4,7-10H2,1-2H3/t11-/m1/s1. The Hall–Kier alpha value is -0.510. The van der Waals surface area contributed by atoms with Gasteiger partial charge in [0.25, 0.3) is 0 Å². The molecule has 1 aliphatic heterocycles. The summed E-state index contributed by atoms with van der Waals surface area (Å²) < 4.78 is 5.38. The van der Waals surface area contributed by atoms with Crippen molar-refractivity contribution in [1.82, 2.24) is 9.80 Å². The molecule has 1 fully saturated rings. The number of hydrogen-bond donors (Lipinski definition) is 0. The van der Waals surface area contributed by atoms with Crippen molar-refractivity contribution in [1.29, 1.82) is 0 Å². The molecule has 3 nitrogen and oxygen atoms in total. The molecular formula is C13H21ClN2O. The van der Waals surface area contributed by atoms with Gasteiger partial charge < -0.3 is 9.32 Å². The van der Waals surface area contributed by atoms with Crippen molar-refractivity contribution < 1.29 is 4.42 Å². The summed E-state index contributed by atoms with van der Waals surface area (Å²) in [6.45, 7) is 4.42. The molecule has 1 aliphatic rings. The van der Waals surface area contributed by atoms with Crippen LogP contribution in [0.15, 0.2) is 16.5 Å². The quantitative estimate of drug-likeness (QED) is 0.826. The van der Waals surface area contributed by atoms with Gasteiger partial charge in [-0.2, -0.15) is 0 Å². The minimum absolute atomic E-state index is 0.478. The largest absolute Gasteiger partial charge is 0.448 e. The Morgan fingerprint density at radius 3 is 3.00 bits per heavy atom. The van der Waals surface area contributed by atoms with Gasteiger partial charge in [-0.25, -0.2) is 0 Å². The molecule has 2 rings (SSSR count). The molecule has 0 aliphatic carbocycles. The van der Waals surface area contributed by atoms with Crippen molar-refractivity contribution in [3.8, 4) is 0 Å². The number of hydrogen-bond acceptors (Lipinski definition) is 3. The molecule has 0 radical (unpaired) electrons. The number of piperidine rings is 1. The zero-order chi connectivity index (χ0) is 12.3. The normalized spacial score (nSPS) is 22.2. The van der Waals surface area contributed by atoms with Gasteiger partial charge in [-0.15, -0.1) is 0 Å². The van der Waals surface area contributed by atoms with Crippen LogP contribution in [-0.2, 0) is 6.54 Å². The van der Waals surface area contributed by atoms with Gasteiger partial charge in [-0.05, 0) is 63.1 Å². The Labute approximate surface area is 108 Å². The summed E-state index contributed by atoms with van der Waals surface area (Å²) in [4.78, 5) is 4.74. The fourth-order valence-corrected chi connectivity index (χ4v) is 2.79. The van der Waals surface area contributed by atoms with Crippen LogP contribution < -0.4 is 0 Å². The molecule has 0 aromatic carbocycles. The molecule has 17 heavy (non-hydrogen) atoms. The molecule has 1 aromatic heterocycles. The van der Waals surface area contributed by atoms with Crippen molar-refractivity contribution in [3.05, 3.63) is 23.1 Å². The molecule has 1 aromatic rings. The highest BCUT2D eigenvalue weighted by Gasteiger charge is 2.18. The Kier molecular flexibility index (Phi) is 4.48. The molecule has 0 saturated carbocycles. The number of rotatable bonds is 4. The zero-order valence-electron chi connectivity index (χ0n) is 10.7. The third kappa shape index (κ3) is 4.02. The topological polar surface area (TPSA) is 19.6 Å². The van der Waals surface area contributed by atoms with Crippen LogP contribution in [0.25, 0.3) is 0 Å². The maximum Gasteiger partial charge on any atom is 0.193 e. The summed E-state index contributed by atoms with van der Waals surface area (Å²) in [7, 11) is 4.35. The highest BCUT2D eigenvalue weighted by molar-refractivity contribution is 6.28. The van der Waals surface area contributed by atoms with E-state index in [2.05, 4.69) is 23.9 Å². The van der Waals surface area contributed by atoms with Crippen molar-refractivity contribution in [2.75, 3.05) is 33.7 Å². The predicted octanol–water partition coefficient (Wildman–Crippen LogP) is 2.71. The van der Waals surface area contributed by atoms with E-state index >= 15 is 0 Å². The molecule has 2 heterocycles. The van der Waals surface area contributed by atoms with Crippen LogP contribution in [-0.4, -0.2) is 43.5 Å². The lowest BCUT2D eigenvalue weighted by Gasteiger charge is -2.32. The lowest BCUT2D eigenvalue weighted by molar-refractivity contribution is 0.159. The fourth-order valence-electron chi connectivity index (χ4n) is 2.63. The molecule has 0 N–H and O–H groups in total. The molecular weight excluding hydrogens is 236 g/mol. The SMILES string of the molecule is CN1CCC[C@@H](CN(C)Cc2ccc(Cl)o2)C1. The smallest absolute Gasteiger partial charge is 0.193 e. The van der Waals surface area contributed by atoms with Gasteiger partial charge >= 0.3 is 0 Å². The number of likely N-dealkylation sites (tertiary alicyclic amines) is 1. The number of furan rings is 1. The van der Waals surface area contributed by atoms with Crippen molar-refractivity contribution in [2.24, 2.45) is 5.92 Å². The van der Waals surface area contributed by atoms with E-state index in [1.54, 1.807) is 6.07 Å². The first-order valence-corrected chi connectivity index (χ1v) is 6.62. The molecule has 1 atom stereocenters. The van der Waals surface area contributed by atoms with E-state index in [9.17, 15) is 0 Å². The summed E-state index contributed by atoms with van der Waals surface area (Å²) >= 11 is 5.76. The number of halogens is 1. The average Bonchev–Trinajstić information content (AvgIpc) is 2.63. The number of nitrogens with zero attached hydrogens (tertiary/aromatic N) is 2.